The molecule has 0 aromatic heterocycles. The molecule has 3 aliphatic rings. The highest BCUT2D eigenvalue weighted by molar-refractivity contribution is 5.84. The van der Waals surface area contributed by atoms with Crippen LogP contribution >= 0.6 is 0 Å². The van der Waals surface area contributed by atoms with Gasteiger partial charge in [-0.3, -0.25) is 25.5 Å². The maximum atomic E-state index is 12.3. The summed E-state index contributed by atoms with van der Waals surface area (Å²) in [6.07, 6.45) is -7.31. The van der Waals surface area contributed by atoms with Gasteiger partial charge in [-0.1, -0.05) is 0 Å². The first-order valence-corrected chi connectivity index (χ1v) is 10.4. The highest BCUT2D eigenvalue weighted by Crippen LogP contribution is 2.24. The standard InChI is InChI=1S/C17H31N7O8/c18-3-1-2-8(27)21-11-12(28)13(32-16(19)30)7(5-25)31-15(11)24-17-22-9-6(26)4-20-14(29)10(9)23-17/h6-7,9-13,15,17,22-26,28H,1-5,18H2,(H2,19,30)(H,20,29)(H,21,27)/t6-,7-,9-,10+,11-,12+,13+,15-,17?/m1/s1. The van der Waals surface area contributed by atoms with Crippen molar-refractivity contribution < 1.29 is 39.2 Å². The highest BCUT2D eigenvalue weighted by atomic mass is 16.6. The molecule has 0 saturated carbocycles. The Bertz CT molecular complexity index is 700. The van der Waals surface area contributed by atoms with Gasteiger partial charge in [0.05, 0.1) is 24.8 Å². The Kier molecular flexibility index (Phi) is 8.18. The minimum Gasteiger partial charge on any atom is -0.441 e. The topological polar surface area (TPSA) is 243 Å². The van der Waals surface area contributed by atoms with E-state index >= 15 is 0 Å². The average molecular weight is 461 g/mol. The van der Waals surface area contributed by atoms with Crippen molar-refractivity contribution in [3.8, 4) is 0 Å². The van der Waals surface area contributed by atoms with Gasteiger partial charge in [-0.25, -0.2) is 4.79 Å². The number of hydrogen-bond acceptors (Lipinski definition) is 12. The molecule has 9 atom stereocenters. The molecule has 0 bridgehead atoms. The summed E-state index contributed by atoms with van der Waals surface area (Å²) < 4.78 is 10.7. The van der Waals surface area contributed by atoms with Gasteiger partial charge in [-0.05, 0) is 13.0 Å². The number of nitrogens with two attached hydrogens (primary N) is 2. The number of hydrogen-bond donors (Lipinski definition) is 10. The van der Waals surface area contributed by atoms with Crippen LogP contribution in [0.2, 0.25) is 0 Å². The van der Waals surface area contributed by atoms with Gasteiger partial charge >= 0.3 is 6.09 Å². The van der Waals surface area contributed by atoms with E-state index in [9.17, 15) is 29.7 Å². The lowest BCUT2D eigenvalue weighted by atomic mass is 9.95. The van der Waals surface area contributed by atoms with Crippen LogP contribution in [-0.2, 0) is 19.1 Å². The molecule has 0 spiro atoms. The predicted octanol–water partition coefficient (Wildman–Crippen LogP) is -5.95. The molecule has 3 amide bonds. The number of fused-ring (bicyclic) bond motifs is 1. The number of ether oxygens (including phenoxy) is 2. The van der Waals surface area contributed by atoms with E-state index in [4.69, 9.17) is 20.9 Å². The van der Waals surface area contributed by atoms with E-state index in [-0.39, 0.29) is 18.9 Å². The van der Waals surface area contributed by atoms with Crippen LogP contribution in [0.4, 0.5) is 4.79 Å². The molecule has 15 heteroatoms. The molecule has 0 aromatic carbocycles. The van der Waals surface area contributed by atoms with E-state index in [0.29, 0.717) is 13.0 Å². The third kappa shape index (κ3) is 5.44. The molecule has 0 aromatic rings. The van der Waals surface area contributed by atoms with E-state index in [0.717, 1.165) is 0 Å². The maximum absolute atomic E-state index is 12.3. The molecule has 15 nitrogen and oxygen atoms in total. The second kappa shape index (κ2) is 10.7. The number of carbonyl (C=O) groups excluding carboxylic acids is 3. The highest BCUT2D eigenvalue weighted by Gasteiger charge is 2.50. The van der Waals surface area contributed by atoms with Crippen molar-refractivity contribution in [2.75, 3.05) is 19.7 Å². The van der Waals surface area contributed by atoms with Crippen molar-refractivity contribution in [3.63, 3.8) is 0 Å². The van der Waals surface area contributed by atoms with Gasteiger partial charge in [-0.2, -0.15) is 0 Å². The van der Waals surface area contributed by atoms with Crippen LogP contribution in [0.5, 0.6) is 0 Å². The molecular weight excluding hydrogens is 430 g/mol. The van der Waals surface area contributed by atoms with Crippen molar-refractivity contribution in [2.24, 2.45) is 11.5 Å². The smallest absolute Gasteiger partial charge is 0.404 e. The van der Waals surface area contributed by atoms with Crippen molar-refractivity contribution in [2.45, 2.75) is 67.9 Å². The molecule has 12 N–H and O–H groups in total. The summed E-state index contributed by atoms with van der Waals surface area (Å²) in [6, 6.07) is -2.41. The van der Waals surface area contributed by atoms with Gasteiger partial charge in [0, 0.05) is 13.0 Å². The summed E-state index contributed by atoms with van der Waals surface area (Å²) in [6.45, 7) is -0.223. The number of amides is 3. The van der Waals surface area contributed by atoms with Crippen LogP contribution in [-0.4, -0.2) is 108 Å². The van der Waals surface area contributed by atoms with Crippen molar-refractivity contribution >= 4 is 17.9 Å². The Hall–Kier alpha value is -2.11. The lowest BCUT2D eigenvalue weighted by Gasteiger charge is -2.44. The Labute approximate surface area is 183 Å². The van der Waals surface area contributed by atoms with Crippen LogP contribution in [0.3, 0.4) is 0 Å². The predicted molar refractivity (Wildman–Crippen MR) is 106 cm³/mol. The molecule has 32 heavy (non-hydrogen) atoms. The van der Waals surface area contributed by atoms with Crippen LogP contribution in [0.25, 0.3) is 0 Å². The van der Waals surface area contributed by atoms with E-state index < -0.39 is 73.7 Å². The van der Waals surface area contributed by atoms with E-state index in [1.54, 1.807) is 0 Å². The molecule has 3 heterocycles. The number of rotatable bonds is 8. The van der Waals surface area contributed by atoms with E-state index in [2.05, 4.69) is 26.6 Å². The minimum atomic E-state index is -1.48. The van der Waals surface area contributed by atoms with Crippen LogP contribution < -0.4 is 38.1 Å². The molecule has 3 fully saturated rings. The first-order valence-electron chi connectivity index (χ1n) is 10.4. The van der Waals surface area contributed by atoms with Gasteiger partial charge < -0.3 is 46.9 Å². The van der Waals surface area contributed by atoms with Crippen LogP contribution in [0.15, 0.2) is 0 Å². The first-order chi connectivity index (χ1) is 15.2. The second-order valence-corrected chi connectivity index (χ2v) is 7.90. The summed E-state index contributed by atoms with van der Waals surface area (Å²) in [5.41, 5.74) is 10.5. The summed E-state index contributed by atoms with van der Waals surface area (Å²) in [5.74, 6) is -0.720. The van der Waals surface area contributed by atoms with Gasteiger partial charge in [0.15, 0.2) is 6.10 Å². The molecule has 182 valence electrons. The van der Waals surface area contributed by atoms with Gasteiger partial charge in [0.25, 0.3) is 0 Å². The Morgan fingerprint density at radius 1 is 1.28 bits per heavy atom. The number of piperidine rings is 1. The molecule has 3 rings (SSSR count). The van der Waals surface area contributed by atoms with Crippen molar-refractivity contribution in [1.82, 2.24) is 26.6 Å². The summed E-state index contributed by atoms with van der Waals surface area (Å²) in [5, 5.41) is 44.8. The van der Waals surface area contributed by atoms with Crippen LogP contribution in [0.1, 0.15) is 12.8 Å². The Morgan fingerprint density at radius 2 is 2.03 bits per heavy atom. The number of aliphatic hydroxyl groups excluding tert-OH is 3. The minimum absolute atomic E-state index is 0.0909. The van der Waals surface area contributed by atoms with Gasteiger partial charge in [0.2, 0.25) is 11.8 Å². The third-order valence-electron chi connectivity index (χ3n) is 5.66. The number of carbonyl (C=O) groups is 3. The molecular formula is C17H31N7O8. The molecule has 1 unspecified atom stereocenters. The fourth-order valence-corrected chi connectivity index (χ4v) is 4.10. The largest absolute Gasteiger partial charge is 0.441 e. The summed E-state index contributed by atoms with van der Waals surface area (Å²) in [4.78, 5) is 35.7. The first kappa shape index (κ1) is 24.5. The lowest BCUT2D eigenvalue weighted by molar-refractivity contribution is -0.204. The monoisotopic (exact) mass is 461 g/mol. The van der Waals surface area contributed by atoms with Gasteiger partial charge in [-0.15, -0.1) is 0 Å². The molecule has 3 aliphatic heterocycles. The SMILES string of the molecule is NCCCC(=O)N[C@@H]1[C@H](O)[C@@H](OC(N)=O)[C@@H](CO)O[C@H]1NC1N[C@@H]2[C@H](O)CNC(=O)[C@H]2N1. The quantitative estimate of drug-likeness (QED) is 0.162. The van der Waals surface area contributed by atoms with Gasteiger partial charge in [0.1, 0.15) is 30.8 Å². The number of primary amides is 1. The normalized spacial score (nSPS) is 39.1. The summed E-state index contributed by atoms with van der Waals surface area (Å²) >= 11 is 0. The average Bonchev–Trinajstić information content (AvgIpc) is 3.18. The molecule has 3 saturated heterocycles. The van der Waals surface area contributed by atoms with Crippen molar-refractivity contribution in [3.05, 3.63) is 0 Å². The summed E-state index contributed by atoms with van der Waals surface area (Å²) in [7, 11) is 0. The van der Waals surface area contributed by atoms with E-state index in [1.165, 1.54) is 0 Å². The zero-order valence-corrected chi connectivity index (χ0v) is 17.3. The number of nitrogens with one attached hydrogen (secondary N) is 5. The Morgan fingerprint density at radius 3 is 2.66 bits per heavy atom. The fourth-order valence-electron chi connectivity index (χ4n) is 4.10. The van der Waals surface area contributed by atoms with E-state index in [1.807, 2.05) is 0 Å². The second-order valence-electron chi connectivity index (χ2n) is 7.90. The number of β-amino-alcohol motifs (C(OH)–C–C–N with tert-alkyl or cyclic N) is 1. The molecule has 0 radical (unpaired) electrons. The zero-order chi connectivity index (χ0) is 23.4. The lowest BCUT2D eigenvalue weighted by Crippen LogP contribution is -2.70. The zero-order valence-electron chi connectivity index (χ0n) is 17.3. The van der Waals surface area contributed by atoms with Crippen LogP contribution in [0, 0.1) is 0 Å². The van der Waals surface area contributed by atoms with Crippen molar-refractivity contribution in [1.29, 1.82) is 0 Å². The molecule has 0 aliphatic carbocycles. The third-order valence-corrected chi connectivity index (χ3v) is 5.66. The number of aliphatic hydroxyl groups is 3. The maximum Gasteiger partial charge on any atom is 0.404 e. The fraction of sp³-hybridized carbons (Fsp3) is 0.824. The Balaban J connectivity index is 1.75.